The minimum Gasteiger partial charge on any atom is -0.492 e. The van der Waals surface area contributed by atoms with Gasteiger partial charge < -0.3 is 4.74 Å². The number of carbonyl (C=O) groups excluding carboxylic acids is 1. The molecule has 0 saturated heterocycles. The number of ether oxygens (including phenoxy) is 1. The van der Waals surface area contributed by atoms with E-state index in [0.717, 1.165) is 12.8 Å². The van der Waals surface area contributed by atoms with Crippen LogP contribution in [0.3, 0.4) is 0 Å². The molecule has 0 fully saturated rings. The van der Waals surface area contributed by atoms with Crippen LogP contribution in [-0.4, -0.2) is 20.8 Å². The van der Waals surface area contributed by atoms with E-state index in [-0.39, 0.29) is 5.78 Å². The smallest absolute Gasteiger partial charge is 0.185 e. The lowest BCUT2D eigenvalue weighted by Crippen LogP contribution is -2.18. The number of carbonyl (C=O) groups is 1. The highest BCUT2D eigenvalue weighted by molar-refractivity contribution is 7.91. The van der Waals surface area contributed by atoms with Gasteiger partial charge in [-0.2, -0.15) is 0 Å². The van der Waals surface area contributed by atoms with Crippen molar-refractivity contribution in [3.05, 3.63) is 59.7 Å². The van der Waals surface area contributed by atoms with Crippen molar-refractivity contribution in [1.29, 1.82) is 0 Å². The first-order chi connectivity index (χ1) is 12.0. The van der Waals surface area contributed by atoms with Crippen molar-refractivity contribution in [1.82, 2.24) is 0 Å². The maximum atomic E-state index is 13.2. The van der Waals surface area contributed by atoms with Gasteiger partial charge in [-0.1, -0.05) is 44.0 Å². The Morgan fingerprint density at radius 2 is 1.88 bits per heavy atom. The Labute approximate surface area is 148 Å². The molecule has 0 N–H and O–H groups in total. The van der Waals surface area contributed by atoms with E-state index in [2.05, 4.69) is 0 Å². The van der Waals surface area contributed by atoms with Gasteiger partial charge in [0.25, 0.3) is 0 Å². The van der Waals surface area contributed by atoms with E-state index in [0.29, 0.717) is 41.2 Å². The molecule has 0 spiro atoms. The molecule has 0 unspecified atom stereocenters. The molecule has 0 aliphatic carbocycles. The molecule has 3 rings (SSSR count). The minimum absolute atomic E-state index is 0.0452. The van der Waals surface area contributed by atoms with Crippen molar-refractivity contribution in [3.63, 3.8) is 0 Å². The number of benzene rings is 2. The summed E-state index contributed by atoms with van der Waals surface area (Å²) in [6.45, 7) is 2.39. The molecule has 4 nitrogen and oxygen atoms in total. The summed E-state index contributed by atoms with van der Waals surface area (Å²) in [5.41, 5.74) is 1.23. The van der Waals surface area contributed by atoms with Crippen molar-refractivity contribution >= 4 is 15.6 Å². The SMILES string of the molecule is CCCC[C@H](c1ccc2c(c1)OCCC2=O)S(=O)(=O)c1ccccc1. The van der Waals surface area contributed by atoms with E-state index in [1.807, 2.05) is 6.92 Å². The summed E-state index contributed by atoms with van der Waals surface area (Å²) in [6, 6.07) is 13.7. The Morgan fingerprint density at radius 1 is 1.12 bits per heavy atom. The van der Waals surface area contributed by atoms with Crippen LogP contribution in [0.5, 0.6) is 5.75 Å². The molecule has 0 aromatic heterocycles. The van der Waals surface area contributed by atoms with Crippen LogP contribution in [0.1, 0.15) is 53.8 Å². The van der Waals surface area contributed by atoms with Gasteiger partial charge in [-0.05, 0) is 36.2 Å². The molecule has 2 aromatic rings. The van der Waals surface area contributed by atoms with Gasteiger partial charge in [0, 0.05) is 6.42 Å². The molecule has 0 radical (unpaired) electrons. The van der Waals surface area contributed by atoms with Gasteiger partial charge in [0.05, 0.1) is 22.3 Å². The van der Waals surface area contributed by atoms with Crippen LogP contribution in [0.15, 0.2) is 53.4 Å². The van der Waals surface area contributed by atoms with Crippen LogP contribution in [-0.2, 0) is 9.84 Å². The average molecular weight is 358 g/mol. The lowest BCUT2D eigenvalue weighted by molar-refractivity contribution is 0.0933. The fourth-order valence-electron chi connectivity index (χ4n) is 3.14. The van der Waals surface area contributed by atoms with E-state index in [1.54, 1.807) is 48.5 Å². The molecule has 0 amide bonds. The summed E-state index contributed by atoms with van der Waals surface area (Å²) in [6.07, 6.45) is 2.64. The Balaban J connectivity index is 2.03. The summed E-state index contributed by atoms with van der Waals surface area (Å²) in [5.74, 6) is 0.544. The molecule has 0 saturated carbocycles. The Kier molecular flexibility index (Phi) is 5.23. The molecular formula is C20H22O4S. The number of hydrogen-bond acceptors (Lipinski definition) is 4. The van der Waals surface area contributed by atoms with Gasteiger partial charge in [-0.3, -0.25) is 4.79 Å². The lowest BCUT2D eigenvalue weighted by Gasteiger charge is -2.22. The van der Waals surface area contributed by atoms with E-state index in [1.165, 1.54) is 0 Å². The quantitative estimate of drug-likeness (QED) is 0.770. The number of unbranched alkanes of at least 4 members (excludes halogenated alkanes) is 1. The second-order valence-corrected chi connectivity index (χ2v) is 8.40. The maximum absolute atomic E-state index is 13.2. The number of Topliss-reactive ketones (excluding diaryl/α,β-unsaturated/α-hetero) is 1. The molecule has 1 aliphatic rings. The molecule has 1 heterocycles. The highest BCUT2D eigenvalue weighted by Gasteiger charge is 2.30. The van der Waals surface area contributed by atoms with Crippen LogP contribution in [0, 0.1) is 0 Å². The van der Waals surface area contributed by atoms with Gasteiger partial charge >= 0.3 is 0 Å². The summed E-state index contributed by atoms with van der Waals surface area (Å²) >= 11 is 0. The standard InChI is InChI=1S/C20H22O4S/c1-2-3-9-20(25(22,23)16-7-5-4-6-8-16)15-10-11-17-18(21)12-13-24-19(17)14-15/h4-8,10-11,14,20H,2-3,9,12-13H2,1H3/t20-/m1/s1. The molecule has 1 aliphatic heterocycles. The van der Waals surface area contributed by atoms with E-state index < -0.39 is 15.1 Å². The summed E-state index contributed by atoms with van der Waals surface area (Å²) < 4.78 is 31.9. The van der Waals surface area contributed by atoms with Crippen molar-refractivity contribution in [3.8, 4) is 5.75 Å². The Bertz CT molecular complexity index is 857. The van der Waals surface area contributed by atoms with Gasteiger partial charge in [-0.25, -0.2) is 8.42 Å². The average Bonchev–Trinajstić information content (AvgIpc) is 2.63. The van der Waals surface area contributed by atoms with Crippen molar-refractivity contribution in [2.24, 2.45) is 0 Å². The van der Waals surface area contributed by atoms with Crippen LogP contribution >= 0.6 is 0 Å². The van der Waals surface area contributed by atoms with Crippen LogP contribution < -0.4 is 4.74 Å². The number of fused-ring (bicyclic) bond motifs is 1. The van der Waals surface area contributed by atoms with E-state index in [4.69, 9.17) is 4.74 Å². The first-order valence-electron chi connectivity index (χ1n) is 8.63. The third-order valence-corrected chi connectivity index (χ3v) is 6.72. The second kappa shape index (κ2) is 7.40. The van der Waals surface area contributed by atoms with E-state index >= 15 is 0 Å². The molecule has 132 valence electrons. The highest BCUT2D eigenvalue weighted by atomic mass is 32.2. The number of sulfone groups is 1. The predicted octanol–water partition coefficient (Wildman–Crippen LogP) is 4.36. The normalized spacial score (nSPS) is 15.3. The molecule has 5 heteroatoms. The zero-order valence-corrected chi connectivity index (χ0v) is 15.1. The van der Waals surface area contributed by atoms with Crippen LogP contribution in [0.2, 0.25) is 0 Å². The molecule has 25 heavy (non-hydrogen) atoms. The van der Waals surface area contributed by atoms with Gasteiger partial charge in [0.2, 0.25) is 0 Å². The molecule has 1 atom stereocenters. The van der Waals surface area contributed by atoms with Gasteiger partial charge in [0.15, 0.2) is 15.6 Å². The summed E-state index contributed by atoms with van der Waals surface area (Å²) in [5, 5.41) is -0.638. The number of hydrogen-bond donors (Lipinski definition) is 0. The zero-order valence-electron chi connectivity index (χ0n) is 14.3. The summed E-state index contributed by atoms with van der Waals surface area (Å²) in [7, 11) is -3.51. The van der Waals surface area contributed by atoms with Crippen molar-refractivity contribution in [2.45, 2.75) is 42.8 Å². The number of ketones is 1. The fraction of sp³-hybridized carbons (Fsp3) is 0.350. The molecular weight excluding hydrogens is 336 g/mol. The maximum Gasteiger partial charge on any atom is 0.185 e. The first-order valence-corrected chi connectivity index (χ1v) is 10.2. The third kappa shape index (κ3) is 3.61. The van der Waals surface area contributed by atoms with E-state index in [9.17, 15) is 13.2 Å². The zero-order chi connectivity index (χ0) is 17.9. The third-order valence-electron chi connectivity index (χ3n) is 4.53. The largest absolute Gasteiger partial charge is 0.492 e. The Morgan fingerprint density at radius 3 is 2.60 bits per heavy atom. The molecule has 0 bridgehead atoms. The first kappa shape index (κ1) is 17.7. The van der Waals surface area contributed by atoms with Crippen LogP contribution in [0.4, 0.5) is 0 Å². The van der Waals surface area contributed by atoms with Crippen LogP contribution in [0.25, 0.3) is 0 Å². The van der Waals surface area contributed by atoms with Crippen molar-refractivity contribution < 1.29 is 17.9 Å². The molecule has 2 aromatic carbocycles. The number of rotatable bonds is 6. The van der Waals surface area contributed by atoms with Gasteiger partial charge in [0.1, 0.15) is 5.75 Å². The monoisotopic (exact) mass is 358 g/mol. The highest BCUT2D eigenvalue weighted by Crippen LogP contribution is 2.36. The second-order valence-electron chi connectivity index (χ2n) is 6.27. The van der Waals surface area contributed by atoms with Gasteiger partial charge in [-0.15, -0.1) is 0 Å². The fourth-order valence-corrected chi connectivity index (χ4v) is 4.99. The topological polar surface area (TPSA) is 60.4 Å². The predicted molar refractivity (Wildman–Crippen MR) is 96.8 cm³/mol. The van der Waals surface area contributed by atoms with Crippen molar-refractivity contribution in [2.75, 3.05) is 6.61 Å². The summed E-state index contributed by atoms with van der Waals surface area (Å²) in [4.78, 5) is 12.3. The minimum atomic E-state index is -3.51. The lowest BCUT2D eigenvalue weighted by atomic mass is 10.00. The Hall–Kier alpha value is -2.14.